The van der Waals surface area contributed by atoms with Crippen LogP contribution in [0.3, 0.4) is 0 Å². The molecule has 0 spiro atoms. The summed E-state index contributed by atoms with van der Waals surface area (Å²) < 4.78 is 4.91. The highest BCUT2D eigenvalue weighted by atomic mass is 16.6. The minimum Gasteiger partial charge on any atom is -0.444 e. The van der Waals surface area contributed by atoms with E-state index in [-0.39, 0.29) is 5.97 Å². The van der Waals surface area contributed by atoms with Gasteiger partial charge in [0.15, 0.2) is 0 Å². The Bertz CT molecular complexity index is 203. The number of esters is 1. The van der Waals surface area contributed by atoms with Crippen LogP contribution in [0.4, 0.5) is 0 Å². The molecule has 0 saturated carbocycles. The van der Waals surface area contributed by atoms with Gasteiger partial charge < -0.3 is 4.74 Å². The molecule has 0 bridgehead atoms. The highest BCUT2D eigenvalue weighted by molar-refractivity contribution is 5.89. The standard InChI is InChI=1S/C10H19NO2/c1-5-6-9(7(2)3)10(12)13-8(4)11/h8H,5-6,11H2,1-4H3. The Hall–Kier alpha value is -0.830. The van der Waals surface area contributed by atoms with Crippen LogP contribution < -0.4 is 5.73 Å². The van der Waals surface area contributed by atoms with E-state index in [9.17, 15) is 4.79 Å². The van der Waals surface area contributed by atoms with Gasteiger partial charge in [-0.1, -0.05) is 18.9 Å². The van der Waals surface area contributed by atoms with Gasteiger partial charge in [-0.2, -0.15) is 0 Å². The molecule has 0 aliphatic heterocycles. The van der Waals surface area contributed by atoms with Crippen LogP contribution in [0.2, 0.25) is 0 Å². The van der Waals surface area contributed by atoms with E-state index in [1.54, 1.807) is 6.92 Å². The van der Waals surface area contributed by atoms with Gasteiger partial charge >= 0.3 is 5.97 Å². The number of nitrogens with two attached hydrogens (primary N) is 1. The first-order valence-corrected chi connectivity index (χ1v) is 4.62. The number of carbonyl (C=O) groups excluding carboxylic acids is 1. The Morgan fingerprint density at radius 3 is 2.31 bits per heavy atom. The van der Waals surface area contributed by atoms with Gasteiger partial charge in [-0.25, -0.2) is 4.79 Å². The van der Waals surface area contributed by atoms with Crippen molar-refractivity contribution in [3.8, 4) is 0 Å². The van der Waals surface area contributed by atoms with E-state index < -0.39 is 6.23 Å². The van der Waals surface area contributed by atoms with E-state index in [4.69, 9.17) is 10.5 Å². The predicted octanol–water partition coefficient (Wildman–Crippen LogP) is 1.97. The topological polar surface area (TPSA) is 52.3 Å². The summed E-state index contributed by atoms with van der Waals surface area (Å²) in [4.78, 5) is 11.4. The second-order valence-electron chi connectivity index (χ2n) is 3.34. The van der Waals surface area contributed by atoms with Crippen LogP contribution >= 0.6 is 0 Å². The first kappa shape index (κ1) is 12.2. The van der Waals surface area contributed by atoms with E-state index in [1.807, 2.05) is 20.8 Å². The SMILES string of the molecule is CCCC(C(=O)OC(C)N)=C(C)C. The van der Waals surface area contributed by atoms with E-state index in [0.717, 1.165) is 24.0 Å². The van der Waals surface area contributed by atoms with Crippen LogP contribution in [-0.4, -0.2) is 12.2 Å². The van der Waals surface area contributed by atoms with Crippen LogP contribution in [0.25, 0.3) is 0 Å². The number of hydrogen-bond acceptors (Lipinski definition) is 3. The third-order valence-electron chi connectivity index (χ3n) is 1.64. The molecule has 1 unspecified atom stereocenters. The molecule has 76 valence electrons. The molecule has 0 rings (SSSR count). The molecular formula is C10H19NO2. The molecule has 0 fully saturated rings. The molecule has 3 nitrogen and oxygen atoms in total. The summed E-state index contributed by atoms with van der Waals surface area (Å²) in [6.07, 6.45) is 1.17. The number of carbonyl (C=O) groups is 1. The highest BCUT2D eigenvalue weighted by Crippen LogP contribution is 2.12. The molecule has 2 N–H and O–H groups in total. The molecule has 3 heteroatoms. The molecule has 0 saturated heterocycles. The van der Waals surface area contributed by atoms with E-state index >= 15 is 0 Å². The Kier molecular flexibility index (Phi) is 5.39. The van der Waals surface area contributed by atoms with Crippen molar-refractivity contribution in [1.82, 2.24) is 0 Å². The van der Waals surface area contributed by atoms with E-state index in [2.05, 4.69) is 0 Å². The van der Waals surface area contributed by atoms with Gasteiger partial charge in [0.25, 0.3) is 0 Å². The smallest absolute Gasteiger partial charge is 0.335 e. The van der Waals surface area contributed by atoms with Crippen LogP contribution in [-0.2, 0) is 9.53 Å². The third kappa shape index (κ3) is 4.68. The summed E-state index contributed by atoms with van der Waals surface area (Å²) in [7, 11) is 0. The fraction of sp³-hybridized carbons (Fsp3) is 0.700. The normalized spacial score (nSPS) is 12.1. The molecule has 0 aromatic rings. The molecule has 0 aliphatic carbocycles. The average Bonchev–Trinajstić information content (AvgIpc) is 1.97. The second-order valence-corrected chi connectivity index (χ2v) is 3.34. The van der Waals surface area contributed by atoms with Gasteiger partial charge in [0.1, 0.15) is 6.23 Å². The summed E-state index contributed by atoms with van der Waals surface area (Å²) in [5.74, 6) is -0.281. The lowest BCUT2D eigenvalue weighted by Gasteiger charge is -2.11. The van der Waals surface area contributed by atoms with Crippen molar-refractivity contribution in [2.75, 3.05) is 0 Å². The fourth-order valence-electron chi connectivity index (χ4n) is 1.05. The van der Waals surface area contributed by atoms with Gasteiger partial charge in [-0.15, -0.1) is 0 Å². The van der Waals surface area contributed by atoms with E-state index in [1.165, 1.54) is 0 Å². The lowest BCUT2D eigenvalue weighted by Crippen LogP contribution is -2.24. The number of allylic oxidation sites excluding steroid dienone is 1. The Labute approximate surface area is 79.9 Å². The summed E-state index contributed by atoms with van der Waals surface area (Å²) in [6.45, 7) is 7.50. The predicted molar refractivity (Wildman–Crippen MR) is 53.0 cm³/mol. The van der Waals surface area contributed by atoms with Crippen LogP contribution in [0.5, 0.6) is 0 Å². The second kappa shape index (κ2) is 5.75. The third-order valence-corrected chi connectivity index (χ3v) is 1.64. The van der Waals surface area contributed by atoms with Crippen molar-refractivity contribution in [2.45, 2.75) is 46.8 Å². The van der Waals surface area contributed by atoms with Crippen molar-refractivity contribution in [3.05, 3.63) is 11.1 Å². The molecule has 1 atom stereocenters. The average molecular weight is 185 g/mol. The monoisotopic (exact) mass is 185 g/mol. The summed E-state index contributed by atoms with van der Waals surface area (Å²) >= 11 is 0. The van der Waals surface area contributed by atoms with Crippen molar-refractivity contribution >= 4 is 5.97 Å². The Morgan fingerprint density at radius 1 is 1.46 bits per heavy atom. The molecule has 0 aromatic heterocycles. The van der Waals surface area contributed by atoms with E-state index in [0.29, 0.717) is 0 Å². The minimum atomic E-state index is -0.529. The molecule has 0 radical (unpaired) electrons. The lowest BCUT2D eigenvalue weighted by atomic mass is 10.1. The Morgan fingerprint density at radius 2 is 2.00 bits per heavy atom. The zero-order chi connectivity index (χ0) is 10.4. The molecule has 0 aromatic carbocycles. The van der Waals surface area contributed by atoms with Gasteiger partial charge in [0.2, 0.25) is 0 Å². The first-order chi connectivity index (χ1) is 5.99. The molecule has 0 aliphatic rings. The van der Waals surface area contributed by atoms with Crippen LogP contribution in [0, 0.1) is 0 Å². The van der Waals surface area contributed by atoms with Crippen molar-refractivity contribution in [2.24, 2.45) is 5.73 Å². The fourth-order valence-corrected chi connectivity index (χ4v) is 1.05. The zero-order valence-corrected chi connectivity index (χ0v) is 8.89. The molecule has 0 heterocycles. The quantitative estimate of drug-likeness (QED) is 0.414. The number of rotatable bonds is 4. The molecule has 0 amide bonds. The van der Waals surface area contributed by atoms with Gasteiger partial charge in [-0.3, -0.25) is 5.73 Å². The number of ether oxygens (including phenoxy) is 1. The largest absolute Gasteiger partial charge is 0.444 e. The summed E-state index contributed by atoms with van der Waals surface area (Å²) in [6, 6.07) is 0. The highest BCUT2D eigenvalue weighted by Gasteiger charge is 2.12. The van der Waals surface area contributed by atoms with Crippen LogP contribution in [0.15, 0.2) is 11.1 Å². The van der Waals surface area contributed by atoms with Crippen molar-refractivity contribution in [1.29, 1.82) is 0 Å². The summed E-state index contributed by atoms with van der Waals surface area (Å²) in [5.41, 5.74) is 7.12. The van der Waals surface area contributed by atoms with Crippen LogP contribution in [0.1, 0.15) is 40.5 Å². The van der Waals surface area contributed by atoms with Gasteiger partial charge in [0, 0.05) is 5.57 Å². The number of hydrogen-bond donors (Lipinski definition) is 1. The zero-order valence-electron chi connectivity index (χ0n) is 8.89. The Balaban J connectivity index is 4.40. The van der Waals surface area contributed by atoms with Crippen molar-refractivity contribution < 1.29 is 9.53 Å². The summed E-state index contributed by atoms with van der Waals surface area (Å²) in [5, 5.41) is 0. The minimum absolute atomic E-state index is 0.281. The lowest BCUT2D eigenvalue weighted by molar-refractivity contribution is -0.143. The molecular weight excluding hydrogens is 166 g/mol. The molecule has 13 heavy (non-hydrogen) atoms. The first-order valence-electron chi connectivity index (χ1n) is 4.62. The van der Waals surface area contributed by atoms with Gasteiger partial charge in [-0.05, 0) is 27.2 Å². The maximum Gasteiger partial charge on any atom is 0.335 e. The maximum absolute atomic E-state index is 11.4. The maximum atomic E-state index is 11.4. The van der Waals surface area contributed by atoms with Crippen molar-refractivity contribution in [3.63, 3.8) is 0 Å². The van der Waals surface area contributed by atoms with Gasteiger partial charge in [0.05, 0.1) is 0 Å².